The van der Waals surface area contributed by atoms with E-state index in [1.807, 2.05) is 42.7 Å². The molecule has 9 rings (SSSR count). The van der Waals surface area contributed by atoms with E-state index in [0.29, 0.717) is 0 Å². The fourth-order valence-corrected chi connectivity index (χ4v) is 6.54. The van der Waals surface area contributed by atoms with Crippen LogP contribution in [-0.4, -0.2) is 19.1 Å². The Morgan fingerprint density at radius 1 is 0.405 bits per heavy atom. The van der Waals surface area contributed by atoms with Crippen molar-refractivity contribution >= 4 is 54.4 Å². The molecule has 0 N–H and O–H groups in total. The molecule has 196 valence electrons. The molecule has 0 aliphatic carbocycles. The molecule has 0 spiro atoms. The first-order chi connectivity index (χ1) is 20.8. The van der Waals surface area contributed by atoms with Crippen molar-refractivity contribution in [2.45, 2.75) is 0 Å². The van der Waals surface area contributed by atoms with Crippen LogP contribution in [0.3, 0.4) is 0 Å². The Labute approximate surface area is 241 Å². The van der Waals surface area contributed by atoms with Gasteiger partial charge >= 0.3 is 0 Å². The van der Waals surface area contributed by atoms with Crippen LogP contribution in [0.4, 0.5) is 0 Å². The Bertz CT molecular complexity index is 2430. The smallest absolute Gasteiger partial charge is 0.159 e. The maximum Gasteiger partial charge on any atom is 0.159 e. The number of fused-ring (bicyclic) bond motifs is 8. The zero-order valence-corrected chi connectivity index (χ0v) is 22.6. The van der Waals surface area contributed by atoms with Crippen molar-refractivity contribution in [3.63, 3.8) is 0 Å². The first-order valence-electron chi connectivity index (χ1n) is 14.2. The van der Waals surface area contributed by atoms with E-state index >= 15 is 0 Å². The number of rotatable bonds is 3. The van der Waals surface area contributed by atoms with E-state index in [1.54, 1.807) is 0 Å². The Morgan fingerprint density at radius 3 is 1.76 bits per heavy atom. The number of nitrogens with zero attached hydrogens (tertiary/aromatic N) is 4. The molecule has 42 heavy (non-hydrogen) atoms. The summed E-state index contributed by atoms with van der Waals surface area (Å²) in [5.74, 6) is 0.723. The van der Waals surface area contributed by atoms with Gasteiger partial charge in [0.1, 0.15) is 0 Å². The largest absolute Gasteiger partial charge is 0.309 e. The maximum absolute atomic E-state index is 4.79. The van der Waals surface area contributed by atoms with Crippen molar-refractivity contribution in [3.8, 4) is 22.8 Å². The highest BCUT2D eigenvalue weighted by Crippen LogP contribution is 2.40. The summed E-state index contributed by atoms with van der Waals surface area (Å²) in [7, 11) is 0. The second-order valence-corrected chi connectivity index (χ2v) is 10.7. The fraction of sp³-hybridized carbons (Fsp3) is 0. The van der Waals surface area contributed by atoms with Crippen LogP contribution in [0.2, 0.25) is 0 Å². The molecule has 0 unspecified atom stereocenters. The molecular formula is C38H24N4. The van der Waals surface area contributed by atoms with Crippen LogP contribution in [0.1, 0.15) is 0 Å². The minimum atomic E-state index is 0.723. The highest BCUT2D eigenvalue weighted by molar-refractivity contribution is 6.22. The molecule has 0 saturated heterocycles. The summed E-state index contributed by atoms with van der Waals surface area (Å²) in [6, 6.07) is 47.3. The second-order valence-electron chi connectivity index (χ2n) is 10.7. The third kappa shape index (κ3) is 3.29. The van der Waals surface area contributed by atoms with Gasteiger partial charge < -0.3 is 9.13 Å². The van der Waals surface area contributed by atoms with Crippen LogP contribution in [0.5, 0.6) is 0 Å². The van der Waals surface area contributed by atoms with Crippen LogP contribution in [0.15, 0.2) is 146 Å². The van der Waals surface area contributed by atoms with Gasteiger partial charge in [-0.15, -0.1) is 0 Å². The molecule has 6 aromatic carbocycles. The van der Waals surface area contributed by atoms with Gasteiger partial charge in [-0.05, 0) is 41.8 Å². The highest BCUT2D eigenvalue weighted by Gasteiger charge is 2.18. The van der Waals surface area contributed by atoms with Crippen molar-refractivity contribution in [2.24, 2.45) is 0 Å². The quantitative estimate of drug-likeness (QED) is 0.225. The third-order valence-electron chi connectivity index (χ3n) is 8.39. The zero-order valence-electron chi connectivity index (χ0n) is 22.6. The Hall–Kier alpha value is -5.74. The van der Waals surface area contributed by atoms with Gasteiger partial charge in [0.05, 0.1) is 40.1 Å². The molecule has 0 bridgehead atoms. The van der Waals surface area contributed by atoms with Crippen LogP contribution in [-0.2, 0) is 0 Å². The summed E-state index contributed by atoms with van der Waals surface area (Å²) in [5.41, 5.74) is 7.83. The molecule has 0 amide bonds. The van der Waals surface area contributed by atoms with E-state index in [-0.39, 0.29) is 0 Å². The molecule has 0 aliphatic rings. The van der Waals surface area contributed by atoms with E-state index in [0.717, 1.165) is 28.3 Å². The predicted octanol–water partition coefficient (Wildman–Crippen LogP) is 9.49. The lowest BCUT2D eigenvalue weighted by Crippen LogP contribution is -1.98. The Balaban J connectivity index is 1.38. The second kappa shape index (κ2) is 8.88. The van der Waals surface area contributed by atoms with Crippen LogP contribution >= 0.6 is 0 Å². The van der Waals surface area contributed by atoms with E-state index in [4.69, 9.17) is 9.97 Å². The molecular weight excluding hydrogens is 512 g/mol. The lowest BCUT2D eigenvalue weighted by Gasteiger charge is -2.11. The molecule has 0 aliphatic heterocycles. The summed E-state index contributed by atoms with van der Waals surface area (Å²) in [6.45, 7) is 0. The van der Waals surface area contributed by atoms with E-state index in [1.165, 1.54) is 48.9 Å². The molecule has 0 saturated carbocycles. The number of hydrogen-bond acceptors (Lipinski definition) is 2. The van der Waals surface area contributed by atoms with Crippen LogP contribution < -0.4 is 0 Å². The van der Waals surface area contributed by atoms with Crippen molar-refractivity contribution in [1.29, 1.82) is 0 Å². The number of para-hydroxylation sites is 3. The minimum Gasteiger partial charge on any atom is -0.309 e. The van der Waals surface area contributed by atoms with Gasteiger partial charge in [-0.3, -0.25) is 0 Å². The molecule has 9 aromatic rings. The standard InChI is InChI=1S/C38H24N4/c1-3-11-25(12-4-1)38-39-23-28(24-40-38)42-35-18-10-7-15-29(35)31-20-19-26-21-36-33(22-32(26)37(31)42)30-16-8-9-17-34(30)41(36)27-13-5-2-6-14-27/h1-24H. The SMILES string of the molecule is c1ccc(-c2ncc(-n3c4ccccc4c4ccc5cc6c(cc5c43)c3ccccc3n6-c3ccccc3)cn2)cc1. The summed E-state index contributed by atoms with van der Waals surface area (Å²) in [6.07, 6.45) is 3.89. The predicted molar refractivity (Wildman–Crippen MR) is 174 cm³/mol. The first-order valence-corrected chi connectivity index (χ1v) is 14.2. The lowest BCUT2D eigenvalue weighted by molar-refractivity contribution is 1.08. The lowest BCUT2D eigenvalue weighted by atomic mass is 10.0. The zero-order chi connectivity index (χ0) is 27.6. The Kier molecular flexibility index (Phi) is 4.87. The van der Waals surface area contributed by atoms with Crippen LogP contribution in [0, 0.1) is 0 Å². The van der Waals surface area contributed by atoms with Crippen molar-refractivity contribution < 1.29 is 0 Å². The molecule has 3 aromatic heterocycles. The topological polar surface area (TPSA) is 35.6 Å². The molecule has 4 nitrogen and oxygen atoms in total. The van der Waals surface area contributed by atoms with Crippen LogP contribution in [0.25, 0.3) is 77.1 Å². The van der Waals surface area contributed by atoms with Gasteiger partial charge in [0.25, 0.3) is 0 Å². The van der Waals surface area contributed by atoms with E-state index in [9.17, 15) is 0 Å². The van der Waals surface area contributed by atoms with Gasteiger partial charge in [0, 0.05) is 38.2 Å². The monoisotopic (exact) mass is 536 g/mol. The van der Waals surface area contributed by atoms with Gasteiger partial charge in [-0.1, -0.05) is 97.1 Å². The van der Waals surface area contributed by atoms with Gasteiger partial charge in [-0.25, -0.2) is 9.97 Å². The summed E-state index contributed by atoms with van der Waals surface area (Å²) >= 11 is 0. The number of aromatic nitrogens is 4. The average molecular weight is 537 g/mol. The highest BCUT2D eigenvalue weighted by atomic mass is 15.0. The molecule has 4 heteroatoms. The maximum atomic E-state index is 4.79. The summed E-state index contributed by atoms with van der Waals surface area (Å²) in [4.78, 5) is 9.58. The van der Waals surface area contributed by atoms with Gasteiger partial charge in [0.2, 0.25) is 0 Å². The number of benzene rings is 6. The molecule has 0 radical (unpaired) electrons. The van der Waals surface area contributed by atoms with E-state index in [2.05, 4.69) is 112 Å². The van der Waals surface area contributed by atoms with Gasteiger partial charge in [0.15, 0.2) is 5.82 Å². The minimum absolute atomic E-state index is 0.723. The summed E-state index contributed by atoms with van der Waals surface area (Å²) in [5, 5.41) is 7.32. The molecule has 3 heterocycles. The third-order valence-corrected chi connectivity index (χ3v) is 8.39. The van der Waals surface area contributed by atoms with Gasteiger partial charge in [-0.2, -0.15) is 0 Å². The van der Waals surface area contributed by atoms with Crippen molar-refractivity contribution in [3.05, 3.63) is 146 Å². The number of hydrogen-bond donors (Lipinski definition) is 0. The van der Waals surface area contributed by atoms with Crippen molar-refractivity contribution in [1.82, 2.24) is 19.1 Å². The Morgan fingerprint density at radius 2 is 1.02 bits per heavy atom. The normalized spacial score (nSPS) is 11.8. The first kappa shape index (κ1) is 23.0. The molecule has 0 fully saturated rings. The van der Waals surface area contributed by atoms with E-state index < -0.39 is 0 Å². The summed E-state index contributed by atoms with van der Waals surface area (Å²) < 4.78 is 4.70. The average Bonchev–Trinajstić information content (AvgIpc) is 3.57. The molecule has 0 atom stereocenters. The fourth-order valence-electron chi connectivity index (χ4n) is 6.54. The van der Waals surface area contributed by atoms with Crippen molar-refractivity contribution in [2.75, 3.05) is 0 Å².